The Balaban J connectivity index is 1.35. The fourth-order valence-corrected chi connectivity index (χ4v) is 5.60. The van der Waals surface area contributed by atoms with Crippen molar-refractivity contribution in [1.29, 1.82) is 0 Å². The summed E-state index contributed by atoms with van der Waals surface area (Å²) in [7, 11) is 0. The number of pyridine rings is 1. The van der Waals surface area contributed by atoms with Gasteiger partial charge >= 0.3 is 6.03 Å². The zero-order valence-corrected chi connectivity index (χ0v) is 19.2. The average Bonchev–Trinajstić information content (AvgIpc) is 3.43. The summed E-state index contributed by atoms with van der Waals surface area (Å²) < 4.78 is 5.71. The van der Waals surface area contributed by atoms with Crippen molar-refractivity contribution in [2.75, 3.05) is 26.2 Å². The molecule has 0 unspecified atom stereocenters. The quantitative estimate of drug-likeness (QED) is 0.687. The van der Waals surface area contributed by atoms with Gasteiger partial charge in [-0.05, 0) is 69.3 Å². The zero-order chi connectivity index (χ0) is 22.8. The molecule has 7 nitrogen and oxygen atoms in total. The molecule has 0 saturated carbocycles. The summed E-state index contributed by atoms with van der Waals surface area (Å²) in [5.74, 6) is -0.189. The first-order valence-electron chi connectivity index (χ1n) is 12.0. The van der Waals surface area contributed by atoms with Crippen LogP contribution in [0.4, 0.5) is 4.79 Å². The maximum Gasteiger partial charge on any atom is 0.325 e. The second kappa shape index (κ2) is 9.23. The van der Waals surface area contributed by atoms with Crippen molar-refractivity contribution in [2.45, 2.75) is 50.8 Å². The van der Waals surface area contributed by atoms with Crippen molar-refractivity contribution in [1.82, 2.24) is 20.1 Å². The molecular weight excluding hydrogens is 416 g/mol. The van der Waals surface area contributed by atoms with Gasteiger partial charge in [-0.3, -0.25) is 19.6 Å². The van der Waals surface area contributed by atoms with Crippen molar-refractivity contribution in [3.63, 3.8) is 0 Å². The van der Waals surface area contributed by atoms with E-state index in [4.69, 9.17) is 4.74 Å². The number of aromatic nitrogens is 1. The minimum atomic E-state index is -1.10. The van der Waals surface area contributed by atoms with E-state index in [0.717, 1.165) is 45.3 Å². The Morgan fingerprint density at radius 3 is 2.67 bits per heavy atom. The van der Waals surface area contributed by atoms with Crippen LogP contribution in [-0.2, 0) is 21.6 Å². The first-order valence-corrected chi connectivity index (χ1v) is 12.0. The zero-order valence-electron chi connectivity index (χ0n) is 19.2. The fourth-order valence-electron chi connectivity index (χ4n) is 5.60. The highest BCUT2D eigenvalue weighted by Gasteiger charge is 2.58. The Hall–Kier alpha value is -2.77. The molecule has 174 valence electrons. The Morgan fingerprint density at radius 2 is 1.97 bits per heavy atom. The molecule has 7 heteroatoms. The molecule has 0 aliphatic carbocycles. The Labute approximate surface area is 195 Å². The Kier molecular flexibility index (Phi) is 6.17. The first kappa shape index (κ1) is 22.0. The second-order valence-corrected chi connectivity index (χ2v) is 9.54. The summed E-state index contributed by atoms with van der Waals surface area (Å²) in [4.78, 5) is 35.3. The number of likely N-dealkylation sites (tertiary alicyclic amines) is 1. The van der Waals surface area contributed by atoms with Gasteiger partial charge in [0.1, 0.15) is 0 Å². The molecule has 3 aliphatic rings. The highest BCUT2D eigenvalue weighted by atomic mass is 16.5. The minimum Gasteiger partial charge on any atom is -0.376 e. The van der Waals surface area contributed by atoms with Crippen molar-refractivity contribution >= 4 is 11.9 Å². The van der Waals surface area contributed by atoms with Crippen LogP contribution in [0.25, 0.3) is 0 Å². The number of carbonyl (C=O) groups is 2. The highest BCUT2D eigenvalue weighted by molar-refractivity contribution is 6.07. The molecule has 5 rings (SSSR count). The number of nitrogens with one attached hydrogen (secondary N) is 1. The van der Waals surface area contributed by atoms with Crippen molar-refractivity contribution in [3.8, 4) is 0 Å². The molecule has 3 saturated heterocycles. The van der Waals surface area contributed by atoms with E-state index < -0.39 is 5.54 Å². The molecule has 3 fully saturated rings. The van der Waals surface area contributed by atoms with Gasteiger partial charge in [0.05, 0.1) is 18.3 Å². The highest BCUT2D eigenvalue weighted by Crippen LogP contribution is 2.41. The number of rotatable bonds is 6. The van der Waals surface area contributed by atoms with Gasteiger partial charge in [-0.15, -0.1) is 0 Å². The summed E-state index contributed by atoms with van der Waals surface area (Å²) in [5, 5.41) is 3.10. The molecule has 0 radical (unpaired) electrons. The number of nitrogens with zero attached hydrogens (tertiary/aromatic N) is 3. The van der Waals surface area contributed by atoms with Crippen LogP contribution in [0.15, 0.2) is 48.7 Å². The van der Waals surface area contributed by atoms with Crippen LogP contribution < -0.4 is 5.32 Å². The second-order valence-electron chi connectivity index (χ2n) is 9.54. The number of aryl methyl sites for hydroxylation is 1. The number of piperidine rings is 1. The topological polar surface area (TPSA) is 74.8 Å². The molecule has 2 aromatic rings. The van der Waals surface area contributed by atoms with Gasteiger partial charge < -0.3 is 10.1 Å². The number of hydrogen-bond acceptors (Lipinski definition) is 5. The summed E-state index contributed by atoms with van der Waals surface area (Å²) in [6.45, 7) is 5.77. The van der Waals surface area contributed by atoms with E-state index in [9.17, 15) is 9.59 Å². The predicted molar refractivity (Wildman–Crippen MR) is 124 cm³/mol. The lowest BCUT2D eigenvalue weighted by molar-refractivity contribution is -0.135. The van der Waals surface area contributed by atoms with E-state index in [1.54, 1.807) is 6.20 Å². The van der Waals surface area contributed by atoms with Crippen LogP contribution in [0.2, 0.25) is 0 Å². The summed E-state index contributed by atoms with van der Waals surface area (Å²) in [5.41, 5.74) is 2.10. The van der Waals surface area contributed by atoms with Crippen LogP contribution in [-0.4, -0.2) is 59.1 Å². The van der Waals surface area contributed by atoms with Crippen LogP contribution in [0.5, 0.6) is 0 Å². The van der Waals surface area contributed by atoms with Crippen molar-refractivity contribution in [2.24, 2.45) is 5.92 Å². The normalized spacial score (nSPS) is 26.7. The van der Waals surface area contributed by atoms with E-state index >= 15 is 0 Å². The molecule has 3 aliphatic heterocycles. The van der Waals surface area contributed by atoms with Gasteiger partial charge in [-0.2, -0.15) is 0 Å². The maximum absolute atomic E-state index is 13.9. The van der Waals surface area contributed by atoms with Gasteiger partial charge in [0.15, 0.2) is 5.54 Å². The predicted octanol–water partition coefficient (Wildman–Crippen LogP) is 3.23. The van der Waals surface area contributed by atoms with E-state index in [0.29, 0.717) is 18.8 Å². The summed E-state index contributed by atoms with van der Waals surface area (Å²) >= 11 is 0. The number of urea groups is 1. The third kappa shape index (κ3) is 4.27. The lowest BCUT2D eigenvalue weighted by Crippen LogP contribution is -2.54. The van der Waals surface area contributed by atoms with Crippen LogP contribution in [0.3, 0.4) is 0 Å². The summed E-state index contributed by atoms with van der Waals surface area (Å²) in [6.07, 6.45) is 5.12. The minimum absolute atomic E-state index is 0.00731. The molecule has 1 aromatic heterocycles. The van der Waals surface area contributed by atoms with Crippen LogP contribution in [0, 0.1) is 12.8 Å². The number of benzene rings is 1. The number of carbonyl (C=O) groups excluding carboxylic acids is 2. The number of hydrogen-bond donors (Lipinski definition) is 1. The Bertz CT molecular complexity index is 1000. The van der Waals surface area contributed by atoms with E-state index in [-0.39, 0.29) is 24.0 Å². The van der Waals surface area contributed by atoms with Crippen molar-refractivity contribution < 1.29 is 14.3 Å². The van der Waals surface area contributed by atoms with E-state index in [1.807, 2.05) is 18.2 Å². The average molecular weight is 449 g/mol. The number of imide groups is 1. The largest absolute Gasteiger partial charge is 0.376 e. The van der Waals surface area contributed by atoms with Gasteiger partial charge in [0.2, 0.25) is 0 Å². The molecule has 0 spiro atoms. The van der Waals surface area contributed by atoms with Crippen molar-refractivity contribution in [3.05, 3.63) is 65.5 Å². The molecule has 4 heterocycles. The third-order valence-corrected chi connectivity index (χ3v) is 7.30. The number of amides is 3. The SMILES string of the molecule is Cc1cccc(CN2CCC([C@]3(c4ccccn4)NC(=O)N(C[C@H]4CCCO4)C3=O)CC2)c1. The smallest absolute Gasteiger partial charge is 0.325 e. The molecule has 1 aromatic carbocycles. The van der Waals surface area contributed by atoms with Crippen LogP contribution in [0.1, 0.15) is 42.5 Å². The number of ether oxygens (including phenoxy) is 1. The monoisotopic (exact) mass is 448 g/mol. The summed E-state index contributed by atoms with van der Waals surface area (Å²) in [6, 6.07) is 13.9. The molecule has 2 atom stereocenters. The maximum atomic E-state index is 13.9. The first-order chi connectivity index (χ1) is 16.1. The van der Waals surface area contributed by atoms with Gasteiger partial charge in [-0.25, -0.2) is 4.79 Å². The lowest BCUT2D eigenvalue weighted by Gasteiger charge is -2.40. The van der Waals surface area contributed by atoms with Crippen LogP contribution >= 0.6 is 0 Å². The standard InChI is InChI=1S/C26H32N4O3/c1-19-6-4-7-20(16-19)17-29-13-10-21(11-14-29)26(23-9-2-3-12-27-23)24(31)30(25(32)28-26)18-22-8-5-15-33-22/h2-4,6-7,9,12,16,21-22H,5,8,10-11,13-15,17-18H2,1H3,(H,28,32)/t22-,26-/m1/s1. The molecule has 1 N–H and O–H groups in total. The lowest BCUT2D eigenvalue weighted by atomic mass is 9.75. The van der Waals surface area contributed by atoms with Gasteiger partial charge in [0.25, 0.3) is 5.91 Å². The fraction of sp³-hybridized carbons (Fsp3) is 0.500. The molecular formula is C26H32N4O3. The van der Waals surface area contributed by atoms with E-state index in [2.05, 4.69) is 46.4 Å². The third-order valence-electron chi connectivity index (χ3n) is 7.30. The molecule has 3 amide bonds. The van der Waals surface area contributed by atoms with Gasteiger partial charge in [0, 0.05) is 19.3 Å². The van der Waals surface area contributed by atoms with E-state index in [1.165, 1.54) is 16.0 Å². The molecule has 0 bridgehead atoms. The molecule has 33 heavy (non-hydrogen) atoms. The Morgan fingerprint density at radius 1 is 1.12 bits per heavy atom. The van der Waals surface area contributed by atoms with Gasteiger partial charge in [-0.1, -0.05) is 35.9 Å².